The summed E-state index contributed by atoms with van der Waals surface area (Å²) in [6.45, 7) is 0.377. The predicted octanol–water partition coefficient (Wildman–Crippen LogP) is 6.16. The summed E-state index contributed by atoms with van der Waals surface area (Å²) in [4.78, 5) is 12.5. The third-order valence-corrected chi connectivity index (χ3v) is 6.40. The summed E-state index contributed by atoms with van der Waals surface area (Å²) in [6, 6.07) is 20.2. The number of hydrogen-bond acceptors (Lipinski definition) is 4. The van der Waals surface area contributed by atoms with Crippen LogP contribution in [0.5, 0.6) is 11.5 Å². The maximum atomic E-state index is 12.5. The highest BCUT2D eigenvalue weighted by Crippen LogP contribution is 2.38. The molecule has 1 aliphatic carbocycles. The number of nitriles is 1. The number of nitrogens with one attached hydrogen (secondary N) is 1. The molecule has 3 aromatic carbocycles. The molecular formula is C27H25BrN2O3. The fraction of sp³-hybridized carbons (Fsp3) is 0.259. The Morgan fingerprint density at radius 3 is 2.64 bits per heavy atom. The normalized spacial score (nSPS) is 14.2. The van der Waals surface area contributed by atoms with Crippen LogP contribution in [0.15, 0.2) is 64.6 Å². The summed E-state index contributed by atoms with van der Waals surface area (Å²) in [6.07, 6.45) is 5.73. The van der Waals surface area contributed by atoms with E-state index in [9.17, 15) is 10.1 Å². The fourth-order valence-electron chi connectivity index (χ4n) is 4.10. The van der Waals surface area contributed by atoms with E-state index in [1.165, 1.54) is 5.39 Å². The lowest BCUT2D eigenvalue weighted by molar-refractivity contribution is -0.117. The second kappa shape index (κ2) is 10.5. The molecule has 0 bridgehead atoms. The summed E-state index contributed by atoms with van der Waals surface area (Å²) in [5.74, 6) is 0.748. The Bertz CT molecular complexity index is 1240. The number of halogens is 1. The first-order valence-corrected chi connectivity index (χ1v) is 11.8. The molecule has 33 heavy (non-hydrogen) atoms. The van der Waals surface area contributed by atoms with Gasteiger partial charge >= 0.3 is 0 Å². The molecule has 3 aromatic rings. The zero-order valence-corrected chi connectivity index (χ0v) is 20.0. The third kappa shape index (κ3) is 5.55. The van der Waals surface area contributed by atoms with E-state index in [4.69, 9.17) is 9.47 Å². The zero-order chi connectivity index (χ0) is 23.2. The first-order valence-electron chi connectivity index (χ1n) is 11.0. The molecule has 0 aliphatic heterocycles. The number of ether oxygens (including phenoxy) is 2. The number of rotatable bonds is 7. The van der Waals surface area contributed by atoms with Crippen molar-refractivity contribution in [3.63, 3.8) is 0 Å². The number of carbonyl (C=O) groups excluding carboxylic acids is 1. The van der Waals surface area contributed by atoms with Gasteiger partial charge in [0.25, 0.3) is 5.91 Å². The van der Waals surface area contributed by atoms with Gasteiger partial charge in [-0.3, -0.25) is 4.79 Å². The van der Waals surface area contributed by atoms with E-state index >= 15 is 0 Å². The summed E-state index contributed by atoms with van der Waals surface area (Å²) in [7, 11) is 1.57. The highest BCUT2D eigenvalue weighted by atomic mass is 79.9. The van der Waals surface area contributed by atoms with E-state index < -0.39 is 0 Å². The van der Waals surface area contributed by atoms with Crippen molar-refractivity contribution in [3.05, 3.63) is 75.8 Å². The smallest absolute Gasteiger partial charge is 0.262 e. The molecule has 0 saturated heterocycles. The summed E-state index contributed by atoms with van der Waals surface area (Å²) in [5, 5.41) is 14.8. The molecule has 0 heterocycles. The standard InChI is InChI=1S/C27H25BrN2O3/c1-32-25-15-19(13-22(16-29)27(31)30-23-8-4-5-9-23)14-24(28)26(25)33-17-18-10-11-20-6-2-3-7-21(20)12-18/h2-3,6-7,10-15,23H,4-5,8-9,17H2,1H3,(H,30,31)/b22-13-. The lowest BCUT2D eigenvalue weighted by Crippen LogP contribution is -2.33. The highest BCUT2D eigenvalue weighted by Gasteiger charge is 2.20. The maximum absolute atomic E-state index is 12.5. The van der Waals surface area contributed by atoms with Crippen LogP contribution in [0.1, 0.15) is 36.8 Å². The van der Waals surface area contributed by atoms with Gasteiger partial charge in [0.05, 0.1) is 11.6 Å². The van der Waals surface area contributed by atoms with Gasteiger partial charge in [0.15, 0.2) is 11.5 Å². The quantitative estimate of drug-likeness (QED) is 0.309. The molecule has 6 heteroatoms. The van der Waals surface area contributed by atoms with Gasteiger partial charge < -0.3 is 14.8 Å². The van der Waals surface area contributed by atoms with Gasteiger partial charge in [0, 0.05) is 6.04 Å². The lowest BCUT2D eigenvalue weighted by Gasteiger charge is -2.14. The molecule has 0 radical (unpaired) electrons. The number of nitrogens with zero attached hydrogens (tertiary/aromatic N) is 1. The molecule has 1 fully saturated rings. The maximum Gasteiger partial charge on any atom is 0.262 e. The van der Waals surface area contributed by atoms with E-state index in [1.54, 1.807) is 19.3 Å². The Morgan fingerprint density at radius 1 is 1.15 bits per heavy atom. The molecule has 168 valence electrons. The highest BCUT2D eigenvalue weighted by molar-refractivity contribution is 9.10. The van der Waals surface area contributed by atoms with E-state index in [1.807, 2.05) is 30.3 Å². The van der Waals surface area contributed by atoms with Crippen molar-refractivity contribution in [2.24, 2.45) is 0 Å². The number of carbonyl (C=O) groups is 1. The lowest BCUT2D eigenvalue weighted by atomic mass is 10.1. The van der Waals surface area contributed by atoms with Crippen LogP contribution in [-0.2, 0) is 11.4 Å². The molecule has 0 unspecified atom stereocenters. The molecule has 4 rings (SSSR count). The van der Waals surface area contributed by atoms with E-state index in [0.717, 1.165) is 36.6 Å². The molecule has 0 atom stereocenters. The Hall–Kier alpha value is -3.30. The first kappa shape index (κ1) is 22.9. The number of benzene rings is 3. The van der Waals surface area contributed by atoms with Crippen LogP contribution < -0.4 is 14.8 Å². The van der Waals surface area contributed by atoms with Crippen molar-refractivity contribution < 1.29 is 14.3 Å². The summed E-state index contributed by atoms with van der Waals surface area (Å²) < 4.78 is 12.3. The van der Waals surface area contributed by atoms with E-state index in [2.05, 4.69) is 45.5 Å². The van der Waals surface area contributed by atoms with Crippen LogP contribution in [0.4, 0.5) is 0 Å². The van der Waals surface area contributed by atoms with Gasteiger partial charge in [-0.15, -0.1) is 0 Å². The van der Waals surface area contributed by atoms with Crippen molar-refractivity contribution in [3.8, 4) is 17.6 Å². The van der Waals surface area contributed by atoms with Crippen molar-refractivity contribution in [1.29, 1.82) is 5.26 Å². The number of hydrogen-bond donors (Lipinski definition) is 1. The van der Waals surface area contributed by atoms with E-state index in [-0.39, 0.29) is 17.5 Å². The van der Waals surface area contributed by atoms with Gasteiger partial charge in [0.2, 0.25) is 0 Å². The molecule has 5 nitrogen and oxygen atoms in total. The Balaban J connectivity index is 1.52. The van der Waals surface area contributed by atoms with Crippen molar-refractivity contribution in [2.45, 2.75) is 38.3 Å². The minimum atomic E-state index is -0.337. The Morgan fingerprint density at radius 2 is 1.91 bits per heavy atom. The molecule has 0 spiro atoms. The monoisotopic (exact) mass is 504 g/mol. The molecule has 1 amide bonds. The topological polar surface area (TPSA) is 71.3 Å². The van der Waals surface area contributed by atoms with Gasteiger partial charge in [-0.25, -0.2) is 0 Å². The molecule has 0 aromatic heterocycles. The number of methoxy groups -OCH3 is 1. The average molecular weight is 505 g/mol. The molecule has 1 aliphatic rings. The van der Waals surface area contributed by atoms with Crippen LogP contribution >= 0.6 is 15.9 Å². The first-order chi connectivity index (χ1) is 16.1. The van der Waals surface area contributed by atoms with Crippen molar-refractivity contribution >= 4 is 38.7 Å². The Kier molecular flexibility index (Phi) is 7.31. The minimum Gasteiger partial charge on any atom is -0.493 e. The van der Waals surface area contributed by atoms with E-state index in [0.29, 0.717) is 28.1 Å². The predicted molar refractivity (Wildman–Crippen MR) is 133 cm³/mol. The van der Waals surface area contributed by atoms with Crippen molar-refractivity contribution in [2.75, 3.05) is 7.11 Å². The van der Waals surface area contributed by atoms with Gasteiger partial charge in [-0.1, -0.05) is 49.2 Å². The summed E-state index contributed by atoms with van der Waals surface area (Å²) >= 11 is 3.55. The van der Waals surface area contributed by atoms with Gasteiger partial charge in [-0.05, 0) is 74.9 Å². The van der Waals surface area contributed by atoms with Gasteiger partial charge in [0.1, 0.15) is 18.2 Å². The molecule has 1 saturated carbocycles. The van der Waals surface area contributed by atoms with Crippen molar-refractivity contribution in [1.82, 2.24) is 5.32 Å². The average Bonchev–Trinajstić information content (AvgIpc) is 3.34. The summed E-state index contributed by atoms with van der Waals surface area (Å²) in [5.41, 5.74) is 1.79. The van der Waals surface area contributed by atoms with Crippen LogP contribution in [0.3, 0.4) is 0 Å². The second-order valence-electron chi connectivity index (χ2n) is 8.13. The van der Waals surface area contributed by atoms with Crippen LogP contribution in [0, 0.1) is 11.3 Å². The largest absolute Gasteiger partial charge is 0.493 e. The number of amides is 1. The van der Waals surface area contributed by atoms with Crippen LogP contribution in [-0.4, -0.2) is 19.1 Å². The zero-order valence-electron chi connectivity index (χ0n) is 18.4. The Labute approximate surface area is 202 Å². The van der Waals surface area contributed by atoms with Crippen LogP contribution in [0.2, 0.25) is 0 Å². The fourth-order valence-corrected chi connectivity index (χ4v) is 4.67. The SMILES string of the molecule is COc1cc(/C=C(/C#N)C(=O)NC2CCCC2)cc(Br)c1OCc1ccc2ccccc2c1. The third-order valence-electron chi connectivity index (χ3n) is 5.82. The number of fused-ring (bicyclic) bond motifs is 1. The van der Waals surface area contributed by atoms with Gasteiger partial charge in [-0.2, -0.15) is 5.26 Å². The second-order valence-corrected chi connectivity index (χ2v) is 8.98. The molecular weight excluding hydrogens is 480 g/mol. The molecule has 1 N–H and O–H groups in total. The minimum absolute atomic E-state index is 0.0701. The van der Waals surface area contributed by atoms with Crippen LogP contribution in [0.25, 0.3) is 16.8 Å².